The maximum Gasteiger partial charge on any atom is 0.328 e. The van der Waals surface area contributed by atoms with E-state index in [4.69, 9.17) is 23.2 Å². The first-order valence-corrected chi connectivity index (χ1v) is 12.7. The molecular formula is C31H20Cl2F2N2O2. The summed E-state index contributed by atoms with van der Waals surface area (Å²) in [6.07, 6.45) is 1.02. The quantitative estimate of drug-likeness (QED) is 0.205. The maximum absolute atomic E-state index is 14.4. The second-order valence-electron chi connectivity index (χ2n) is 8.83. The molecule has 1 atom stereocenters. The average molecular weight is 561 g/mol. The number of aliphatic carboxylic acids is 1. The van der Waals surface area contributed by atoms with Gasteiger partial charge in [-0.2, -0.15) is 0 Å². The molecule has 194 valence electrons. The highest BCUT2D eigenvalue weighted by molar-refractivity contribution is 6.39. The minimum Gasteiger partial charge on any atom is -0.480 e. The molecule has 1 N–H and O–H groups in total. The molecule has 0 saturated heterocycles. The van der Waals surface area contributed by atoms with Gasteiger partial charge in [-0.3, -0.25) is 9.98 Å². The number of carboxylic acids is 1. The van der Waals surface area contributed by atoms with Crippen LogP contribution in [0.4, 0.5) is 8.78 Å². The van der Waals surface area contributed by atoms with Crippen LogP contribution >= 0.6 is 23.2 Å². The Morgan fingerprint density at radius 3 is 2.00 bits per heavy atom. The highest BCUT2D eigenvalue weighted by atomic mass is 35.5. The van der Waals surface area contributed by atoms with Crippen LogP contribution in [-0.4, -0.2) is 27.8 Å². The Labute approximate surface area is 233 Å². The van der Waals surface area contributed by atoms with Gasteiger partial charge in [-0.1, -0.05) is 96.0 Å². The van der Waals surface area contributed by atoms with Gasteiger partial charge in [0.15, 0.2) is 6.04 Å². The summed E-state index contributed by atoms with van der Waals surface area (Å²) in [6, 6.07) is 24.3. The smallest absolute Gasteiger partial charge is 0.328 e. The Morgan fingerprint density at radius 1 is 0.846 bits per heavy atom. The third-order valence-corrected chi connectivity index (χ3v) is 6.86. The molecule has 0 bridgehead atoms. The number of fused-ring (bicyclic) bond motifs is 1. The van der Waals surface area contributed by atoms with E-state index in [2.05, 4.69) is 9.98 Å². The topological polar surface area (TPSA) is 62.5 Å². The van der Waals surface area contributed by atoms with Crippen molar-refractivity contribution in [2.45, 2.75) is 12.5 Å². The highest BCUT2D eigenvalue weighted by Crippen LogP contribution is 2.39. The fraction of sp³-hybridized carbons (Fsp3) is 0.0645. The van der Waals surface area contributed by atoms with Crippen LogP contribution in [0.2, 0.25) is 10.0 Å². The average Bonchev–Trinajstić information content (AvgIpc) is 2.92. The molecule has 0 aliphatic carbocycles. The Kier molecular flexibility index (Phi) is 7.68. The van der Waals surface area contributed by atoms with Gasteiger partial charge in [-0.25, -0.2) is 13.6 Å². The molecule has 0 saturated carbocycles. The van der Waals surface area contributed by atoms with Crippen molar-refractivity contribution in [3.63, 3.8) is 0 Å². The second kappa shape index (κ2) is 11.3. The number of nitrogens with zero attached hydrogens (tertiary/aromatic N) is 2. The molecule has 0 aliphatic rings. The van der Waals surface area contributed by atoms with E-state index in [1.807, 2.05) is 60.7 Å². The van der Waals surface area contributed by atoms with E-state index >= 15 is 0 Å². The van der Waals surface area contributed by atoms with Crippen molar-refractivity contribution in [3.05, 3.63) is 136 Å². The van der Waals surface area contributed by atoms with Crippen molar-refractivity contribution >= 4 is 45.8 Å². The number of aliphatic imine (C=N–C) groups is 1. The maximum atomic E-state index is 14.4. The van der Waals surface area contributed by atoms with Gasteiger partial charge < -0.3 is 5.11 Å². The van der Waals surface area contributed by atoms with Crippen LogP contribution in [0.15, 0.2) is 102 Å². The van der Waals surface area contributed by atoms with E-state index in [1.54, 1.807) is 12.1 Å². The number of hydrogen-bond acceptors (Lipinski definition) is 3. The summed E-state index contributed by atoms with van der Waals surface area (Å²) in [5, 5.41) is 10.7. The van der Waals surface area contributed by atoms with Gasteiger partial charge in [0, 0.05) is 34.1 Å². The Bertz CT molecular complexity index is 1650. The van der Waals surface area contributed by atoms with Crippen LogP contribution in [-0.2, 0) is 11.2 Å². The van der Waals surface area contributed by atoms with Gasteiger partial charge in [0.25, 0.3) is 0 Å². The molecule has 8 heteroatoms. The van der Waals surface area contributed by atoms with Crippen molar-refractivity contribution in [1.29, 1.82) is 0 Å². The number of pyridine rings is 1. The van der Waals surface area contributed by atoms with Crippen LogP contribution in [0.25, 0.3) is 22.0 Å². The minimum absolute atomic E-state index is 0.0364. The van der Waals surface area contributed by atoms with Crippen LogP contribution < -0.4 is 0 Å². The lowest BCUT2D eigenvalue weighted by Crippen LogP contribution is -2.23. The molecule has 5 aromatic rings. The molecule has 0 fully saturated rings. The molecular weight excluding hydrogens is 541 g/mol. The zero-order chi connectivity index (χ0) is 27.5. The van der Waals surface area contributed by atoms with Crippen LogP contribution in [0.5, 0.6) is 0 Å². The Hall–Kier alpha value is -4.13. The Morgan fingerprint density at radius 2 is 1.44 bits per heavy atom. The van der Waals surface area contributed by atoms with Crippen molar-refractivity contribution in [2.24, 2.45) is 4.99 Å². The summed E-state index contributed by atoms with van der Waals surface area (Å²) in [4.78, 5) is 21.4. The summed E-state index contributed by atoms with van der Waals surface area (Å²) < 4.78 is 28.2. The molecule has 1 heterocycles. The fourth-order valence-electron chi connectivity index (χ4n) is 4.49. The van der Waals surface area contributed by atoms with E-state index in [-0.39, 0.29) is 16.5 Å². The van der Waals surface area contributed by atoms with E-state index < -0.39 is 23.6 Å². The molecule has 39 heavy (non-hydrogen) atoms. The summed E-state index contributed by atoms with van der Waals surface area (Å²) in [5.74, 6) is -2.32. The summed E-state index contributed by atoms with van der Waals surface area (Å²) >= 11 is 12.6. The zero-order valence-corrected chi connectivity index (χ0v) is 21.8. The first-order valence-electron chi connectivity index (χ1n) is 12.0. The number of carbonyl (C=O) groups is 1. The molecule has 0 amide bonds. The molecule has 4 aromatic carbocycles. The monoisotopic (exact) mass is 560 g/mol. The minimum atomic E-state index is -1.18. The number of carboxylic acid groups (broad SMARTS) is 1. The third-order valence-electron chi connectivity index (χ3n) is 6.26. The lowest BCUT2D eigenvalue weighted by atomic mass is 9.94. The lowest BCUT2D eigenvalue weighted by molar-refractivity contribution is -0.138. The second-order valence-corrected chi connectivity index (χ2v) is 9.65. The van der Waals surface area contributed by atoms with E-state index in [9.17, 15) is 18.7 Å². The largest absolute Gasteiger partial charge is 0.480 e. The van der Waals surface area contributed by atoms with Gasteiger partial charge in [0.1, 0.15) is 11.6 Å². The van der Waals surface area contributed by atoms with Crippen LogP contribution in [0.3, 0.4) is 0 Å². The van der Waals surface area contributed by atoms with Gasteiger partial charge in [0.05, 0.1) is 27.5 Å². The van der Waals surface area contributed by atoms with Gasteiger partial charge in [-0.05, 0) is 23.8 Å². The van der Waals surface area contributed by atoms with Crippen molar-refractivity contribution in [1.82, 2.24) is 4.98 Å². The van der Waals surface area contributed by atoms with E-state index in [0.717, 1.165) is 29.5 Å². The normalized spacial score (nSPS) is 11.8. The predicted octanol–water partition coefficient (Wildman–Crippen LogP) is 8.02. The van der Waals surface area contributed by atoms with Crippen molar-refractivity contribution < 1.29 is 18.7 Å². The number of benzene rings is 4. The number of halogens is 4. The molecule has 4 nitrogen and oxygen atoms in total. The summed E-state index contributed by atoms with van der Waals surface area (Å²) in [7, 11) is 0. The molecule has 0 spiro atoms. The highest BCUT2D eigenvalue weighted by Gasteiger charge is 2.23. The first kappa shape index (κ1) is 26.5. The standard InChI is InChI=1S/C31H20Cl2F2N2O2/c32-25-15-21(34)16-26(33)28(25)23-12-11-20(24-14-22(35)17-36-30(23)24)13-27(31(38)39)37-29(18-7-3-1-4-8-18)19-9-5-2-6-10-19/h1-12,14-17,27H,13H2,(H,38,39)/t27-/m0/s1. The van der Waals surface area contributed by atoms with E-state index in [1.165, 1.54) is 6.07 Å². The van der Waals surface area contributed by atoms with Gasteiger partial charge in [-0.15, -0.1) is 0 Å². The number of hydrogen-bond donors (Lipinski definition) is 1. The van der Waals surface area contributed by atoms with Crippen LogP contribution in [0, 0.1) is 11.6 Å². The summed E-state index contributed by atoms with van der Waals surface area (Å²) in [6.45, 7) is 0. The fourth-order valence-corrected chi connectivity index (χ4v) is 5.15. The SMILES string of the molecule is O=C(O)[C@H](Cc1ccc(-c2c(Cl)cc(F)cc2Cl)c2ncc(F)cc12)N=C(c1ccccc1)c1ccccc1. The molecule has 0 unspecified atom stereocenters. The first-order chi connectivity index (χ1) is 18.8. The molecule has 0 aliphatic heterocycles. The van der Waals surface area contributed by atoms with Crippen molar-refractivity contribution in [3.8, 4) is 11.1 Å². The number of rotatable bonds is 7. The van der Waals surface area contributed by atoms with Gasteiger partial charge in [0.2, 0.25) is 0 Å². The predicted molar refractivity (Wildman–Crippen MR) is 151 cm³/mol. The molecule has 0 radical (unpaired) electrons. The van der Waals surface area contributed by atoms with Gasteiger partial charge >= 0.3 is 5.97 Å². The van der Waals surface area contributed by atoms with Crippen LogP contribution in [0.1, 0.15) is 16.7 Å². The van der Waals surface area contributed by atoms with Crippen molar-refractivity contribution in [2.75, 3.05) is 0 Å². The zero-order valence-electron chi connectivity index (χ0n) is 20.3. The summed E-state index contributed by atoms with van der Waals surface area (Å²) in [5.41, 5.74) is 3.74. The third kappa shape index (κ3) is 5.67. The molecule has 5 rings (SSSR count). The van der Waals surface area contributed by atoms with E-state index in [0.29, 0.717) is 33.3 Å². The number of aromatic nitrogens is 1. The Balaban J connectivity index is 1.64. The molecule has 1 aromatic heterocycles. The lowest BCUT2D eigenvalue weighted by Gasteiger charge is -2.16.